The molecule has 2 N–H and O–H groups in total. The SMILES string of the molecule is O=C(NCc1ccc(Cl)cc1)C1(C(=O)NCc2ccccc2F)CC1. The Bertz CT molecular complexity index is 788. The first-order valence-electron chi connectivity index (χ1n) is 8.06. The van der Waals surface area contributed by atoms with Gasteiger partial charge in [0.2, 0.25) is 11.8 Å². The summed E-state index contributed by atoms with van der Waals surface area (Å²) < 4.78 is 13.6. The normalized spacial score (nSPS) is 14.6. The zero-order valence-electron chi connectivity index (χ0n) is 13.5. The van der Waals surface area contributed by atoms with Crippen molar-refractivity contribution in [2.45, 2.75) is 25.9 Å². The summed E-state index contributed by atoms with van der Waals surface area (Å²) in [6.07, 6.45) is 1.01. The average Bonchev–Trinajstić information content (AvgIpc) is 3.42. The summed E-state index contributed by atoms with van der Waals surface area (Å²) in [6, 6.07) is 13.4. The van der Waals surface area contributed by atoms with E-state index in [4.69, 9.17) is 11.6 Å². The molecule has 6 heteroatoms. The summed E-state index contributed by atoms with van der Waals surface area (Å²) in [6.45, 7) is 0.399. The molecule has 25 heavy (non-hydrogen) atoms. The molecule has 130 valence electrons. The fraction of sp³-hybridized carbons (Fsp3) is 0.263. The molecule has 4 nitrogen and oxygen atoms in total. The first kappa shape index (κ1) is 17.4. The summed E-state index contributed by atoms with van der Waals surface area (Å²) in [5, 5.41) is 6.09. The largest absolute Gasteiger partial charge is 0.351 e. The molecule has 0 heterocycles. The summed E-state index contributed by atoms with van der Waals surface area (Å²) >= 11 is 5.83. The third-order valence-electron chi connectivity index (χ3n) is 4.38. The van der Waals surface area contributed by atoms with Gasteiger partial charge in [0, 0.05) is 23.7 Å². The van der Waals surface area contributed by atoms with Gasteiger partial charge in [0.25, 0.3) is 0 Å². The standard InChI is InChI=1S/C19H18ClFN2O2/c20-15-7-5-13(6-8-15)11-22-17(24)19(9-10-19)18(25)23-12-14-3-1-2-4-16(14)21/h1-8H,9-12H2,(H,22,24)(H,23,25). The minimum absolute atomic E-state index is 0.0672. The van der Waals surface area contributed by atoms with Crippen LogP contribution in [0.15, 0.2) is 48.5 Å². The van der Waals surface area contributed by atoms with Gasteiger partial charge in [-0.1, -0.05) is 41.9 Å². The van der Waals surface area contributed by atoms with Gasteiger partial charge in [0.05, 0.1) is 0 Å². The number of benzene rings is 2. The second kappa shape index (κ2) is 7.23. The number of carbonyl (C=O) groups excluding carboxylic acids is 2. The highest BCUT2D eigenvalue weighted by atomic mass is 35.5. The van der Waals surface area contributed by atoms with E-state index in [0.29, 0.717) is 30.0 Å². The van der Waals surface area contributed by atoms with Crippen LogP contribution in [-0.4, -0.2) is 11.8 Å². The number of amides is 2. The first-order chi connectivity index (χ1) is 12.0. The van der Waals surface area contributed by atoms with Gasteiger partial charge in [0.1, 0.15) is 11.2 Å². The number of nitrogens with one attached hydrogen (secondary N) is 2. The molecule has 0 saturated heterocycles. The minimum Gasteiger partial charge on any atom is -0.351 e. The van der Waals surface area contributed by atoms with Crippen molar-refractivity contribution in [3.8, 4) is 0 Å². The van der Waals surface area contributed by atoms with Crippen LogP contribution in [0.25, 0.3) is 0 Å². The van der Waals surface area contributed by atoms with Crippen LogP contribution in [0.4, 0.5) is 4.39 Å². The Morgan fingerprint density at radius 3 is 2.16 bits per heavy atom. The third kappa shape index (κ3) is 3.99. The zero-order chi connectivity index (χ0) is 17.9. The number of halogens is 2. The maximum absolute atomic E-state index is 13.6. The molecule has 2 aromatic rings. The maximum atomic E-state index is 13.6. The smallest absolute Gasteiger partial charge is 0.235 e. The minimum atomic E-state index is -1.03. The molecule has 0 atom stereocenters. The van der Waals surface area contributed by atoms with Crippen molar-refractivity contribution in [3.63, 3.8) is 0 Å². The van der Waals surface area contributed by atoms with Crippen LogP contribution in [0.1, 0.15) is 24.0 Å². The average molecular weight is 361 g/mol. The van der Waals surface area contributed by atoms with Crippen LogP contribution in [0.3, 0.4) is 0 Å². The summed E-state index contributed by atoms with van der Waals surface area (Å²) in [5.74, 6) is -1.03. The van der Waals surface area contributed by atoms with Gasteiger partial charge < -0.3 is 10.6 Å². The van der Waals surface area contributed by atoms with Crippen LogP contribution in [0.2, 0.25) is 5.02 Å². The lowest BCUT2D eigenvalue weighted by atomic mass is 10.0. The fourth-order valence-electron chi connectivity index (χ4n) is 2.62. The Labute approximate surface area is 150 Å². The lowest BCUT2D eigenvalue weighted by Crippen LogP contribution is -2.42. The number of hydrogen-bond donors (Lipinski definition) is 2. The van der Waals surface area contributed by atoms with E-state index in [1.165, 1.54) is 6.07 Å². The van der Waals surface area contributed by atoms with E-state index >= 15 is 0 Å². The second-order valence-electron chi connectivity index (χ2n) is 6.17. The van der Waals surface area contributed by atoms with Crippen molar-refractivity contribution in [1.82, 2.24) is 10.6 Å². The molecule has 0 unspecified atom stereocenters. The molecule has 0 aliphatic heterocycles. The third-order valence-corrected chi connectivity index (χ3v) is 4.63. The molecule has 0 aromatic heterocycles. The van der Waals surface area contributed by atoms with E-state index in [9.17, 15) is 14.0 Å². The van der Waals surface area contributed by atoms with Crippen LogP contribution < -0.4 is 10.6 Å². The van der Waals surface area contributed by atoms with Gasteiger partial charge in [-0.05, 0) is 36.6 Å². The predicted molar refractivity (Wildman–Crippen MR) is 93.2 cm³/mol. The fourth-order valence-corrected chi connectivity index (χ4v) is 2.75. The van der Waals surface area contributed by atoms with Crippen molar-refractivity contribution in [3.05, 3.63) is 70.5 Å². The second-order valence-corrected chi connectivity index (χ2v) is 6.60. The molecule has 3 rings (SSSR count). The van der Waals surface area contributed by atoms with E-state index < -0.39 is 5.41 Å². The molecule has 1 aliphatic carbocycles. The van der Waals surface area contributed by atoms with Gasteiger partial charge >= 0.3 is 0 Å². The Morgan fingerprint density at radius 1 is 0.960 bits per heavy atom. The van der Waals surface area contributed by atoms with Crippen LogP contribution in [0.5, 0.6) is 0 Å². The lowest BCUT2D eigenvalue weighted by Gasteiger charge is -2.16. The van der Waals surface area contributed by atoms with Gasteiger partial charge in [-0.15, -0.1) is 0 Å². The highest BCUT2D eigenvalue weighted by Gasteiger charge is 2.56. The molecule has 0 bridgehead atoms. The number of rotatable bonds is 6. The Kier molecular flexibility index (Phi) is 5.04. The Morgan fingerprint density at radius 2 is 1.56 bits per heavy atom. The highest BCUT2D eigenvalue weighted by molar-refractivity contribution is 6.30. The lowest BCUT2D eigenvalue weighted by molar-refractivity contribution is -0.137. The van der Waals surface area contributed by atoms with Crippen LogP contribution >= 0.6 is 11.6 Å². The van der Waals surface area contributed by atoms with Crippen molar-refractivity contribution in [2.75, 3.05) is 0 Å². The quantitative estimate of drug-likeness (QED) is 0.777. The van der Waals surface area contributed by atoms with E-state index in [2.05, 4.69) is 10.6 Å². The van der Waals surface area contributed by atoms with Crippen LogP contribution in [-0.2, 0) is 22.7 Å². The molecule has 2 amide bonds. The van der Waals surface area contributed by atoms with Gasteiger partial charge in [-0.25, -0.2) is 4.39 Å². The molecule has 0 radical (unpaired) electrons. The van der Waals surface area contributed by atoms with Gasteiger partial charge in [0.15, 0.2) is 0 Å². The summed E-state index contributed by atoms with van der Waals surface area (Å²) in [7, 11) is 0. The topological polar surface area (TPSA) is 58.2 Å². The van der Waals surface area contributed by atoms with E-state index in [1.54, 1.807) is 30.3 Å². The molecule has 0 spiro atoms. The van der Waals surface area contributed by atoms with Gasteiger partial charge in [-0.2, -0.15) is 0 Å². The van der Waals surface area contributed by atoms with Crippen molar-refractivity contribution < 1.29 is 14.0 Å². The summed E-state index contributed by atoms with van der Waals surface area (Å²) in [5.41, 5.74) is 0.269. The van der Waals surface area contributed by atoms with E-state index in [-0.39, 0.29) is 24.2 Å². The molecule has 2 aromatic carbocycles. The maximum Gasteiger partial charge on any atom is 0.235 e. The number of carbonyl (C=O) groups is 2. The first-order valence-corrected chi connectivity index (χ1v) is 8.43. The Hall–Kier alpha value is -2.40. The summed E-state index contributed by atoms with van der Waals surface area (Å²) in [4.78, 5) is 24.8. The number of hydrogen-bond acceptors (Lipinski definition) is 2. The predicted octanol–water partition coefficient (Wildman–Crippen LogP) is 3.19. The molecular formula is C19H18ClFN2O2. The highest BCUT2D eigenvalue weighted by Crippen LogP contribution is 2.46. The van der Waals surface area contributed by atoms with Crippen molar-refractivity contribution >= 4 is 23.4 Å². The monoisotopic (exact) mass is 360 g/mol. The zero-order valence-corrected chi connectivity index (χ0v) is 14.3. The Balaban J connectivity index is 1.55. The molecule has 1 saturated carbocycles. The molecular weight excluding hydrogens is 343 g/mol. The van der Waals surface area contributed by atoms with Crippen molar-refractivity contribution in [2.24, 2.45) is 5.41 Å². The van der Waals surface area contributed by atoms with Crippen molar-refractivity contribution in [1.29, 1.82) is 0 Å². The van der Waals surface area contributed by atoms with E-state index in [0.717, 1.165) is 5.56 Å². The van der Waals surface area contributed by atoms with Gasteiger partial charge in [-0.3, -0.25) is 9.59 Å². The molecule has 1 aliphatic rings. The molecule has 1 fully saturated rings. The van der Waals surface area contributed by atoms with E-state index in [1.807, 2.05) is 12.1 Å². The van der Waals surface area contributed by atoms with Crippen LogP contribution in [0, 0.1) is 11.2 Å².